The molecule has 1 amide bonds. The van der Waals surface area contributed by atoms with E-state index in [2.05, 4.69) is 20.6 Å². The minimum Gasteiger partial charge on any atom is -0.340 e. The molecular weight excluding hydrogens is 248 g/mol. The van der Waals surface area contributed by atoms with Crippen LogP contribution in [-0.2, 0) is 11.3 Å². The number of thiazole rings is 1. The van der Waals surface area contributed by atoms with Crippen LogP contribution in [0.2, 0.25) is 0 Å². The highest BCUT2D eigenvalue weighted by molar-refractivity contribution is 7.07. The fraction of sp³-hybridized carbons (Fsp3) is 0.667. The number of nitrogens with zero attached hydrogens (tertiary/aromatic N) is 3. The maximum absolute atomic E-state index is 11.8. The van der Waals surface area contributed by atoms with Crippen LogP contribution in [0.3, 0.4) is 0 Å². The molecule has 100 valence electrons. The molecule has 0 bridgehead atoms. The van der Waals surface area contributed by atoms with Crippen molar-refractivity contribution in [2.24, 2.45) is 0 Å². The van der Waals surface area contributed by atoms with Crippen LogP contribution < -0.4 is 5.32 Å². The standard InChI is InChI=1S/C12H20N4OS/c1-13-7-12(17)16-4-2-3-15(5-6-16)8-11-9-18-10-14-11/h9-10,13H,2-8H2,1H3. The summed E-state index contributed by atoms with van der Waals surface area (Å²) in [6, 6.07) is 0. The average molecular weight is 268 g/mol. The quantitative estimate of drug-likeness (QED) is 0.858. The molecule has 1 aliphatic rings. The Morgan fingerprint density at radius 2 is 2.33 bits per heavy atom. The van der Waals surface area contributed by atoms with Gasteiger partial charge in [-0.1, -0.05) is 0 Å². The first-order chi connectivity index (χ1) is 8.79. The van der Waals surface area contributed by atoms with Gasteiger partial charge in [0, 0.05) is 38.1 Å². The van der Waals surface area contributed by atoms with Gasteiger partial charge in [-0.05, 0) is 13.5 Å². The molecule has 0 unspecified atom stereocenters. The van der Waals surface area contributed by atoms with Gasteiger partial charge in [-0.3, -0.25) is 9.69 Å². The van der Waals surface area contributed by atoms with E-state index in [4.69, 9.17) is 0 Å². The molecule has 0 atom stereocenters. The van der Waals surface area contributed by atoms with E-state index >= 15 is 0 Å². The molecule has 5 nitrogen and oxygen atoms in total. The number of carbonyl (C=O) groups is 1. The van der Waals surface area contributed by atoms with Crippen molar-refractivity contribution in [3.05, 3.63) is 16.6 Å². The third kappa shape index (κ3) is 3.76. The second kappa shape index (κ2) is 6.82. The molecule has 0 aromatic carbocycles. The van der Waals surface area contributed by atoms with Crippen LogP contribution in [0.25, 0.3) is 0 Å². The van der Waals surface area contributed by atoms with Crippen molar-refractivity contribution in [2.75, 3.05) is 39.8 Å². The van der Waals surface area contributed by atoms with Gasteiger partial charge < -0.3 is 10.2 Å². The first kappa shape index (κ1) is 13.5. The van der Waals surface area contributed by atoms with Crippen LogP contribution in [0.1, 0.15) is 12.1 Å². The number of carbonyl (C=O) groups excluding carboxylic acids is 1. The Bertz CT molecular complexity index is 368. The van der Waals surface area contributed by atoms with Crippen molar-refractivity contribution in [3.8, 4) is 0 Å². The monoisotopic (exact) mass is 268 g/mol. The third-order valence-electron chi connectivity index (χ3n) is 3.14. The van der Waals surface area contributed by atoms with Crippen molar-refractivity contribution in [3.63, 3.8) is 0 Å². The number of rotatable bonds is 4. The maximum atomic E-state index is 11.8. The zero-order valence-corrected chi connectivity index (χ0v) is 11.6. The SMILES string of the molecule is CNCC(=O)N1CCCN(Cc2cscn2)CC1. The summed E-state index contributed by atoms with van der Waals surface area (Å²) in [5, 5.41) is 5.01. The molecule has 1 aliphatic heterocycles. The van der Waals surface area contributed by atoms with Gasteiger partial charge in [0.1, 0.15) is 0 Å². The van der Waals surface area contributed by atoms with E-state index in [0.29, 0.717) is 6.54 Å². The summed E-state index contributed by atoms with van der Waals surface area (Å²) in [4.78, 5) is 20.5. The molecular formula is C12H20N4OS. The lowest BCUT2D eigenvalue weighted by Gasteiger charge is -2.21. The molecule has 1 fully saturated rings. The first-order valence-electron chi connectivity index (χ1n) is 6.31. The lowest BCUT2D eigenvalue weighted by molar-refractivity contribution is -0.130. The van der Waals surface area contributed by atoms with E-state index in [9.17, 15) is 4.79 Å². The number of hydrogen-bond donors (Lipinski definition) is 1. The van der Waals surface area contributed by atoms with Gasteiger partial charge in [0.2, 0.25) is 5.91 Å². The molecule has 2 rings (SSSR count). The summed E-state index contributed by atoms with van der Waals surface area (Å²) in [6.07, 6.45) is 1.04. The van der Waals surface area contributed by atoms with Crippen molar-refractivity contribution in [1.29, 1.82) is 0 Å². The van der Waals surface area contributed by atoms with E-state index in [1.807, 2.05) is 17.5 Å². The molecule has 0 spiro atoms. The van der Waals surface area contributed by atoms with Gasteiger partial charge in [-0.15, -0.1) is 11.3 Å². The van der Waals surface area contributed by atoms with E-state index < -0.39 is 0 Å². The molecule has 0 radical (unpaired) electrons. The minimum atomic E-state index is 0.202. The van der Waals surface area contributed by atoms with Crippen LogP contribution >= 0.6 is 11.3 Å². The van der Waals surface area contributed by atoms with E-state index in [-0.39, 0.29) is 5.91 Å². The fourth-order valence-corrected chi connectivity index (χ4v) is 2.74. The Balaban J connectivity index is 1.82. The Morgan fingerprint density at radius 3 is 3.06 bits per heavy atom. The highest BCUT2D eigenvalue weighted by Gasteiger charge is 2.18. The van der Waals surface area contributed by atoms with Gasteiger partial charge in [-0.25, -0.2) is 4.98 Å². The van der Waals surface area contributed by atoms with E-state index in [0.717, 1.165) is 44.8 Å². The summed E-state index contributed by atoms with van der Waals surface area (Å²) < 4.78 is 0. The number of aromatic nitrogens is 1. The average Bonchev–Trinajstić information content (AvgIpc) is 2.74. The van der Waals surface area contributed by atoms with Crippen LogP contribution in [-0.4, -0.2) is 60.5 Å². The molecule has 1 N–H and O–H groups in total. The number of hydrogen-bond acceptors (Lipinski definition) is 5. The van der Waals surface area contributed by atoms with Gasteiger partial charge in [0.05, 0.1) is 17.7 Å². The first-order valence-corrected chi connectivity index (χ1v) is 7.25. The van der Waals surface area contributed by atoms with Crippen LogP contribution in [0.15, 0.2) is 10.9 Å². The summed E-state index contributed by atoms with van der Waals surface area (Å²) in [7, 11) is 1.81. The zero-order chi connectivity index (χ0) is 12.8. The summed E-state index contributed by atoms with van der Waals surface area (Å²) >= 11 is 1.63. The summed E-state index contributed by atoms with van der Waals surface area (Å²) in [5.41, 5.74) is 3.01. The van der Waals surface area contributed by atoms with Crippen LogP contribution in [0.5, 0.6) is 0 Å². The smallest absolute Gasteiger partial charge is 0.236 e. The topological polar surface area (TPSA) is 48.5 Å². The number of nitrogens with one attached hydrogen (secondary N) is 1. The fourth-order valence-electron chi connectivity index (χ4n) is 2.19. The van der Waals surface area contributed by atoms with Crippen LogP contribution in [0, 0.1) is 0 Å². The van der Waals surface area contributed by atoms with Gasteiger partial charge in [0.25, 0.3) is 0 Å². The second-order valence-electron chi connectivity index (χ2n) is 4.52. The van der Waals surface area contributed by atoms with Gasteiger partial charge >= 0.3 is 0 Å². The van der Waals surface area contributed by atoms with Gasteiger partial charge in [0.15, 0.2) is 0 Å². The second-order valence-corrected chi connectivity index (χ2v) is 5.24. The molecule has 18 heavy (non-hydrogen) atoms. The summed E-state index contributed by atoms with van der Waals surface area (Å²) in [6.45, 7) is 5.01. The molecule has 1 aromatic heterocycles. The third-order valence-corrected chi connectivity index (χ3v) is 3.77. The maximum Gasteiger partial charge on any atom is 0.236 e. The molecule has 1 aromatic rings. The predicted octanol–water partition coefficient (Wildman–Crippen LogP) is 0.397. The molecule has 6 heteroatoms. The van der Waals surface area contributed by atoms with Crippen molar-refractivity contribution < 1.29 is 4.79 Å². The Kier molecular flexibility index (Phi) is 5.10. The molecule has 1 saturated heterocycles. The number of likely N-dealkylation sites (N-methyl/N-ethyl adjacent to an activating group) is 1. The molecule has 0 aliphatic carbocycles. The van der Waals surface area contributed by atoms with Crippen molar-refractivity contribution in [1.82, 2.24) is 20.1 Å². The lowest BCUT2D eigenvalue weighted by Crippen LogP contribution is -2.39. The zero-order valence-electron chi connectivity index (χ0n) is 10.8. The van der Waals surface area contributed by atoms with Crippen molar-refractivity contribution in [2.45, 2.75) is 13.0 Å². The Hall–Kier alpha value is -0.980. The molecule has 0 saturated carbocycles. The lowest BCUT2D eigenvalue weighted by atomic mass is 10.3. The minimum absolute atomic E-state index is 0.202. The van der Waals surface area contributed by atoms with Gasteiger partial charge in [-0.2, -0.15) is 0 Å². The van der Waals surface area contributed by atoms with E-state index in [1.54, 1.807) is 11.3 Å². The van der Waals surface area contributed by atoms with E-state index in [1.165, 1.54) is 0 Å². The largest absolute Gasteiger partial charge is 0.340 e. The Labute approximate surface area is 112 Å². The van der Waals surface area contributed by atoms with Crippen molar-refractivity contribution >= 4 is 17.2 Å². The molecule has 2 heterocycles. The van der Waals surface area contributed by atoms with Crippen LogP contribution in [0.4, 0.5) is 0 Å². The Morgan fingerprint density at radius 1 is 1.44 bits per heavy atom. The highest BCUT2D eigenvalue weighted by Crippen LogP contribution is 2.09. The predicted molar refractivity (Wildman–Crippen MR) is 72.5 cm³/mol. The normalized spacial score (nSPS) is 17.7. The highest BCUT2D eigenvalue weighted by atomic mass is 32.1. The summed E-state index contributed by atoms with van der Waals surface area (Å²) in [5.74, 6) is 0.202. The number of amides is 1.